The lowest BCUT2D eigenvalue weighted by Crippen LogP contribution is -2.33. The molecule has 0 spiro atoms. The summed E-state index contributed by atoms with van der Waals surface area (Å²) >= 11 is 0. The highest BCUT2D eigenvalue weighted by Gasteiger charge is 2.11. The third-order valence-corrected chi connectivity index (χ3v) is 3.47. The topological polar surface area (TPSA) is 31.4 Å². The van der Waals surface area contributed by atoms with Crippen LogP contribution in [0.15, 0.2) is 12.3 Å². The second-order valence-electron chi connectivity index (χ2n) is 5.95. The highest BCUT2D eigenvalue weighted by Crippen LogP contribution is 2.18. The summed E-state index contributed by atoms with van der Waals surface area (Å²) in [6, 6.07) is 2.27. The number of hydrogen-bond acceptors (Lipinski definition) is 4. The number of likely N-dealkylation sites (N-methyl/N-ethyl adjacent to an activating group) is 1. The highest BCUT2D eigenvalue weighted by atomic mass is 15.2. The maximum atomic E-state index is 4.72. The van der Waals surface area contributed by atoms with Crippen LogP contribution in [-0.4, -0.2) is 50.2 Å². The molecule has 0 bridgehead atoms. The van der Waals surface area contributed by atoms with Crippen molar-refractivity contribution in [3.63, 3.8) is 0 Å². The minimum Gasteiger partial charge on any atom is -0.355 e. The highest BCUT2D eigenvalue weighted by molar-refractivity contribution is 5.47. The van der Waals surface area contributed by atoms with E-state index in [9.17, 15) is 0 Å². The van der Waals surface area contributed by atoms with Crippen LogP contribution in [0.2, 0.25) is 0 Å². The van der Waals surface area contributed by atoms with Gasteiger partial charge in [0.25, 0.3) is 0 Å². The number of anilines is 1. The Hall–Kier alpha value is -1.13. The van der Waals surface area contributed by atoms with E-state index in [4.69, 9.17) is 4.98 Å². The van der Waals surface area contributed by atoms with E-state index >= 15 is 0 Å². The average molecular weight is 292 g/mol. The SMILES string of the molecule is CCCNCc1cnc(N(CCC)CCN(C)C)c(C)c1. The second-order valence-corrected chi connectivity index (χ2v) is 5.95. The fourth-order valence-corrected chi connectivity index (χ4v) is 2.38. The molecule has 120 valence electrons. The Balaban J connectivity index is 2.74. The molecule has 1 rings (SSSR count). The van der Waals surface area contributed by atoms with Gasteiger partial charge in [-0.05, 0) is 57.6 Å². The summed E-state index contributed by atoms with van der Waals surface area (Å²) in [5, 5.41) is 3.43. The first-order valence-corrected chi connectivity index (χ1v) is 8.14. The van der Waals surface area contributed by atoms with E-state index in [1.54, 1.807) is 0 Å². The number of nitrogens with one attached hydrogen (secondary N) is 1. The number of rotatable bonds is 10. The van der Waals surface area contributed by atoms with Gasteiger partial charge in [0.05, 0.1) is 0 Å². The summed E-state index contributed by atoms with van der Waals surface area (Å²) in [5.41, 5.74) is 2.55. The van der Waals surface area contributed by atoms with Gasteiger partial charge >= 0.3 is 0 Å². The van der Waals surface area contributed by atoms with Gasteiger partial charge in [0.1, 0.15) is 5.82 Å². The van der Waals surface area contributed by atoms with Crippen LogP contribution >= 0.6 is 0 Å². The Kier molecular flexibility index (Phi) is 8.31. The summed E-state index contributed by atoms with van der Waals surface area (Å²) in [4.78, 5) is 9.35. The van der Waals surface area contributed by atoms with Gasteiger partial charge in [-0.2, -0.15) is 0 Å². The molecule has 0 atom stereocenters. The molecule has 0 unspecified atom stereocenters. The van der Waals surface area contributed by atoms with Gasteiger partial charge in [0, 0.05) is 32.4 Å². The van der Waals surface area contributed by atoms with E-state index in [0.717, 1.165) is 45.0 Å². The first kappa shape index (κ1) is 17.9. The molecule has 0 radical (unpaired) electrons. The van der Waals surface area contributed by atoms with Gasteiger partial charge in [-0.3, -0.25) is 0 Å². The van der Waals surface area contributed by atoms with E-state index in [1.165, 1.54) is 17.5 Å². The molecule has 1 heterocycles. The summed E-state index contributed by atoms with van der Waals surface area (Å²) in [7, 11) is 4.24. The Bertz CT molecular complexity index is 404. The van der Waals surface area contributed by atoms with E-state index in [2.05, 4.69) is 56.0 Å². The Morgan fingerprint density at radius 1 is 1.10 bits per heavy atom. The molecule has 1 aromatic heterocycles. The van der Waals surface area contributed by atoms with Crippen LogP contribution in [0.25, 0.3) is 0 Å². The van der Waals surface area contributed by atoms with Gasteiger partial charge in [0.15, 0.2) is 0 Å². The van der Waals surface area contributed by atoms with Crippen LogP contribution in [0.3, 0.4) is 0 Å². The van der Waals surface area contributed by atoms with Crippen molar-refractivity contribution < 1.29 is 0 Å². The Labute approximate surface area is 130 Å². The van der Waals surface area contributed by atoms with Gasteiger partial charge in [-0.25, -0.2) is 4.98 Å². The van der Waals surface area contributed by atoms with Crippen LogP contribution in [0.4, 0.5) is 5.82 Å². The third kappa shape index (κ3) is 6.44. The molecule has 0 saturated heterocycles. The molecule has 0 amide bonds. The van der Waals surface area contributed by atoms with Crippen molar-refractivity contribution in [2.24, 2.45) is 0 Å². The zero-order chi connectivity index (χ0) is 15.7. The van der Waals surface area contributed by atoms with Crippen molar-refractivity contribution in [2.75, 3.05) is 45.2 Å². The molecule has 1 aromatic rings. The fraction of sp³-hybridized carbons (Fsp3) is 0.706. The Morgan fingerprint density at radius 2 is 1.86 bits per heavy atom. The Morgan fingerprint density at radius 3 is 2.43 bits per heavy atom. The largest absolute Gasteiger partial charge is 0.355 e. The predicted octanol–water partition coefficient (Wildman–Crippen LogP) is 2.67. The van der Waals surface area contributed by atoms with Crippen molar-refractivity contribution in [3.05, 3.63) is 23.4 Å². The number of hydrogen-bond donors (Lipinski definition) is 1. The molecular formula is C17H32N4. The molecule has 21 heavy (non-hydrogen) atoms. The van der Waals surface area contributed by atoms with E-state index in [0.29, 0.717) is 0 Å². The first-order chi connectivity index (χ1) is 10.1. The van der Waals surface area contributed by atoms with E-state index in [1.807, 2.05) is 6.20 Å². The van der Waals surface area contributed by atoms with Crippen molar-refractivity contribution in [1.82, 2.24) is 15.2 Å². The average Bonchev–Trinajstić information content (AvgIpc) is 2.44. The van der Waals surface area contributed by atoms with Crippen molar-refractivity contribution in [1.29, 1.82) is 0 Å². The lowest BCUT2D eigenvalue weighted by Gasteiger charge is -2.26. The number of aryl methyl sites for hydroxylation is 1. The van der Waals surface area contributed by atoms with Crippen molar-refractivity contribution in [3.8, 4) is 0 Å². The van der Waals surface area contributed by atoms with Crippen LogP contribution in [0.5, 0.6) is 0 Å². The predicted molar refractivity (Wildman–Crippen MR) is 92.0 cm³/mol. The lowest BCUT2D eigenvalue weighted by molar-refractivity contribution is 0.412. The van der Waals surface area contributed by atoms with Crippen LogP contribution in [0.1, 0.15) is 37.8 Å². The molecule has 0 aliphatic rings. The van der Waals surface area contributed by atoms with Gasteiger partial charge in [-0.1, -0.05) is 13.8 Å². The quantitative estimate of drug-likeness (QED) is 0.672. The minimum absolute atomic E-state index is 0.910. The van der Waals surface area contributed by atoms with Gasteiger partial charge in [-0.15, -0.1) is 0 Å². The molecule has 4 nitrogen and oxygen atoms in total. The normalized spacial score (nSPS) is 11.1. The van der Waals surface area contributed by atoms with Gasteiger partial charge in [0.2, 0.25) is 0 Å². The second kappa shape index (κ2) is 9.74. The summed E-state index contributed by atoms with van der Waals surface area (Å²) < 4.78 is 0. The minimum atomic E-state index is 0.910. The maximum absolute atomic E-state index is 4.72. The zero-order valence-corrected chi connectivity index (χ0v) is 14.4. The number of nitrogens with zero attached hydrogens (tertiary/aromatic N) is 3. The maximum Gasteiger partial charge on any atom is 0.131 e. The summed E-state index contributed by atoms with van der Waals surface area (Å²) in [5.74, 6) is 1.14. The fourth-order valence-electron chi connectivity index (χ4n) is 2.38. The molecular weight excluding hydrogens is 260 g/mol. The monoisotopic (exact) mass is 292 g/mol. The molecule has 0 saturated carbocycles. The summed E-state index contributed by atoms with van der Waals surface area (Å²) in [6.07, 6.45) is 4.33. The molecule has 4 heteroatoms. The third-order valence-electron chi connectivity index (χ3n) is 3.47. The molecule has 0 fully saturated rings. The smallest absolute Gasteiger partial charge is 0.131 e. The lowest BCUT2D eigenvalue weighted by atomic mass is 10.2. The summed E-state index contributed by atoms with van der Waals surface area (Å²) in [6.45, 7) is 11.7. The van der Waals surface area contributed by atoms with Crippen LogP contribution in [0, 0.1) is 6.92 Å². The van der Waals surface area contributed by atoms with E-state index < -0.39 is 0 Å². The van der Waals surface area contributed by atoms with Crippen LogP contribution in [-0.2, 0) is 6.54 Å². The molecule has 0 aliphatic heterocycles. The standard InChI is InChI=1S/C17H32N4/c1-6-8-18-13-16-12-15(3)17(19-14-16)21(9-7-2)11-10-20(4)5/h12,14,18H,6-11,13H2,1-5H3. The number of pyridine rings is 1. The molecule has 0 aromatic carbocycles. The van der Waals surface area contributed by atoms with Crippen LogP contribution < -0.4 is 10.2 Å². The van der Waals surface area contributed by atoms with Gasteiger partial charge < -0.3 is 15.1 Å². The van der Waals surface area contributed by atoms with Crippen molar-refractivity contribution >= 4 is 5.82 Å². The molecule has 1 N–H and O–H groups in total. The number of aromatic nitrogens is 1. The van der Waals surface area contributed by atoms with E-state index in [-0.39, 0.29) is 0 Å². The first-order valence-electron chi connectivity index (χ1n) is 8.14. The molecule has 0 aliphatic carbocycles. The van der Waals surface area contributed by atoms with Crippen molar-refractivity contribution in [2.45, 2.75) is 40.2 Å². The zero-order valence-electron chi connectivity index (χ0n) is 14.4.